The molecule has 1 atom stereocenters. The predicted octanol–water partition coefficient (Wildman–Crippen LogP) is 3.53. The average Bonchev–Trinajstić information content (AvgIpc) is 2.49. The van der Waals surface area contributed by atoms with Gasteiger partial charge in [0.2, 0.25) is 5.75 Å². The summed E-state index contributed by atoms with van der Waals surface area (Å²) in [6.07, 6.45) is 1.39. The SMILES string of the molecule is CC[C@H](O)c1ccc(Oc2ccc(C)cc2[N+](=O)[O-])cn1. The van der Waals surface area contributed by atoms with E-state index in [1.807, 2.05) is 6.92 Å². The molecule has 1 N–H and O–H groups in total. The van der Waals surface area contributed by atoms with Crippen LogP contribution in [-0.2, 0) is 0 Å². The number of rotatable bonds is 5. The highest BCUT2D eigenvalue weighted by molar-refractivity contribution is 5.50. The van der Waals surface area contributed by atoms with Crippen molar-refractivity contribution >= 4 is 5.69 Å². The van der Waals surface area contributed by atoms with Gasteiger partial charge < -0.3 is 9.84 Å². The minimum Gasteiger partial charge on any atom is -0.449 e. The van der Waals surface area contributed by atoms with Gasteiger partial charge >= 0.3 is 5.69 Å². The van der Waals surface area contributed by atoms with Crippen molar-refractivity contribution in [2.24, 2.45) is 0 Å². The third kappa shape index (κ3) is 3.55. The van der Waals surface area contributed by atoms with Gasteiger partial charge in [-0.15, -0.1) is 0 Å². The number of nitrogens with zero attached hydrogens (tertiary/aromatic N) is 2. The molecule has 0 amide bonds. The van der Waals surface area contributed by atoms with Crippen LogP contribution in [0.4, 0.5) is 5.69 Å². The Hall–Kier alpha value is -2.47. The number of hydrogen-bond acceptors (Lipinski definition) is 5. The Morgan fingerprint density at radius 2 is 2.14 bits per heavy atom. The molecule has 0 spiro atoms. The van der Waals surface area contributed by atoms with Gasteiger partial charge in [0.25, 0.3) is 0 Å². The third-order valence-corrected chi connectivity index (χ3v) is 3.03. The van der Waals surface area contributed by atoms with Crippen molar-refractivity contribution in [3.05, 3.63) is 57.9 Å². The molecule has 0 aliphatic rings. The number of benzene rings is 1. The van der Waals surface area contributed by atoms with Crippen molar-refractivity contribution in [1.29, 1.82) is 0 Å². The van der Waals surface area contributed by atoms with Gasteiger partial charge in [-0.2, -0.15) is 0 Å². The monoisotopic (exact) mass is 288 g/mol. The van der Waals surface area contributed by atoms with E-state index in [9.17, 15) is 15.2 Å². The highest BCUT2D eigenvalue weighted by atomic mass is 16.6. The van der Waals surface area contributed by atoms with Crippen molar-refractivity contribution in [2.75, 3.05) is 0 Å². The van der Waals surface area contributed by atoms with Crippen LogP contribution < -0.4 is 4.74 Å². The first-order chi connectivity index (χ1) is 10.0. The maximum absolute atomic E-state index is 11.0. The molecule has 0 aliphatic heterocycles. The number of nitro groups is 1. The molecule has 1 aromatic carbocycles. The number of aliphatic hydroxyl groups is 1. The summed E-state index contributed by atoms with van der Waals surface area (Å²) in [4.78, 5) is 14.6. The molecule has 110 valence electrons. The van der Waals surface area contributed by atoms with Gasteiger partial charge in [0, 0.05) is 6.07 Å². The molecule has 0 radical (unpaired) electrons. The maximum atomic E-state index is 11.0. The van der Waals surface area contributed by atoms with E-state index in [4.69, 9.17) is 4.74 Å². The van der Waals surface area contributed by atoms with E-state index in [1.165, 1.54) is 12.3 Å². The first-order valence-electron chi connectivity index (χ1n) is 6.58. The normalized spacial score (nSPS) is 12.0. The number of aliphatic hydroxyl groups excluding tert-OH is 1. The van der Waals surface area contributed by atoms with Crippen molar-refractivity contribution in [1.82, 2.24) is 4.98 Å². The summed E-state index contributed by atoms with van der Waals surface area (Å²) in [6.45, 7) is 3.63. The zero-order valence-corrected chi connectivity index (χ0v) is 11.8. The number of nitro benzene ring substituents is 1. The molecular weight excluding hydrogens is 272 g/mol. The Labute approximate surface area is 122 Å². The summed E-state index contributed by atoms with van der Waals surface area (Å²) in [7, 11) is 0. The average molecular weight is 288 g/mol. The van der Waals surface area contributed by atoms with Gasteiger partial charge in [0.05, 0.1) is 22.9 Å². The number of ether oxygens (including phenoxy) is 1. The van der Waals surface area contributed by atoms with E-state index in [0.717, 1.165) is 5.56 Å². The van der Waals surface area contributed by atoms with Crippen LogP contribution in [0.25, 0.3) is 0 Å². The van der Waals surface area contributed by atoms with E-state index in [0.29, 0.717) is 17.9 Å². The minimum absolute atomic E-state index is 0.0901. The molecule has 21 heavy (non-hydrogen) atoms. The smallest absolute Gasteiger partial charge is 0.311 e. The highest BCUT2D eigenvalue weighted by Crippen LogP contribution is 2.32. The molecular formula is C15H16N2O4. The molecule has 0 fully saturated rings. The summed E-state index contributed by atoms with van der Waals surface area (Å²) in [6, 6.07) is 8.03. The lowest BCUT2D eigenvalue weighted by atomic mass is 10.2. The highest BCUT2D eigenvalue weighted by Gasteiger charge is 2.16. The standard InChI is InChI=1S/C15H16N2O4/c1-3-14(18)12-6-5-11(9-16-12)21-15-7-4-10(2)8-13(15)17(19)20/h4-9,14,18H,3H2,1-2H3/t14-/m0/s1. The van der Waals surface area contributed by atoms with Crippen molar-refractivity contribution in [3.63, 3.8) is 0 Å². The van der Waals surface area contributed by atoms with Crippen LogP contribution in [0.3, 0.4) is 0 Å². The quantitative estimate of drug-likeness (QED) is 0.672. The van der Waals surface area contributed by atoms with Gasteiger partial charge in [0.15, 0.2) is 0 Å². The predicted molar refractivity (Wildman–Crippen MR) is 77.4 cm³/mol. The van der Waals surface area contributed by atoms with Gasteiger partial charge in [-0.3, -0.25) is 15.1 Å². The lowest BCUT2D eigenvalue weighted by Gasteiger charge is -2.09. The van der Waals surface area contributed by atoms with Crippen molar-refractivity contribution in [3.8, 4) is 11.5 Å². The van der Waals surface area contributed by atoms with Crippen LogP contribution in [0.2, 0.25) is 0 Å². The van der Waals surface area contributed by atoms with E-state index < -0.39 is 11.0 Å². The Morgan fingerprint density at radius 3 is 2.71 bits per heavy atom. The fourth-order valence-electron chi connectivity index (χ4n) is 1.84. The first kappa shape index (κ1) is 14.9. The van der Waals surface area contributed by atoms with Crippen LogP contribution >= 0.6 is 0 Å². The van der Waals surface area contributed by atoms with Gasteiger partial charge in [-0.25, -0.2) is 0 Å². The zero-order valence-electron chi connectivity index (χ0n) is 11.8. The number of hydrogen-bond donors (Lipinski definition) is 1. The van der Waals surface area contributed by atoms with E-state index in [-0.39, 0.29) is 11.4 Å². The van der Waals surface area contributed by atoms with Crippen molar-refractivity contribution < 1.29 is 14.8 Å². The largest absolute Gasteiger partial charge is 0.449 e. The molecule has 6 nitrogen and oxygen atoms in total. The molecule has 2 aromatic rings. The second-order valence-electron chi connectivity index (χ2n) is 4.67. The fraction of sp³-hybridized carbons (Fsp3) is 0.267. The minimum atomic E-state index is -0.618. The summed E-state index contributed by atoms with van der Waals surface area (Å²) in [5, 5.41) is 20.7. The Kier molecular flexibility index (Phi) is 4.49. The summed E-state index contributed by atoms with van der Waals surface area (Å²) < 4.78 is 5.51. The van der Waals surface area contributed by atoms with Crippen LogP contribution in [0.5, 0.6) is 11.5 Å². The fourth-order valence-corrected chi connectivity index (χ4v) is 1.84. The van der Waals surface area contributed by atoms with Gasteiger partial charge in [0.1, 0.15) is 5.75 Å². The molecule has 0 saturated carbocycles. The molecule has 0 bridgehead atoms. The molecule has 1 heterocycles. The lowest BCUT2D eigenvalue weighted by Crippen LogP contribution is -1.99. The number of aryl methyl sites for hydroxylation is 1. The Balaban J connectivity index is 2.24. The second kappa shape index (κ2) is 6.32. The Bertz CT molecular complexity index is 641. The topological polar surface area (TPSA) is 85.5 Å². The second-order valence-corrected chi connectivity index (χ2v) is 4.67. The molecule has 1 aromatic heterocycles. The van der Waals surface area contributed by atoms with Crippen LogP contribution in [0, 0.1) is 17.0 Å². The van der Waals surface area contributed by atoms with E-state index >= 15 is 0 Å². The van der Waals surface area contributed by atoms with Crippen LogP contribution in [-0.4, -0.2) is 15.0 Å². The molecule has 0 aliphatic carbocycles. The molecule has 0 saturated heterocycles. The van der Waals surface area contributed by atoms with E-state index in [1.54, 1.807) is 31.2 Å². The van der Waals surface area contributed by atoms with Gasteiger partial charge in [-0.1, -0.05) is 13.0 Å². The Morgan fingerprint density at radius 1 is 1.38 bits per heavy atom. The molecule has 0 unspecified atom stereocenters. The summed E-state index contributed by atoms with van der Waals surface area (Å²) in [5.74, 6) is 0.546. The number of pyridine rings is 1. The van der Waals surface area contributed by atoms with Crippen molar-refractivity contribution in [2.45, 2.75) is 26.4 Å². The third-order valence-electron chi connectivity index (χ3n) is 3.03. The first-order valence-corrected chi connectivity index (χ1v) is 6.58. The molecule has 2 rings (SSSR count). The van der Waals surface area contributed by atoms with Crippen LogP contribution in [0.1, 0.15) is 30.7 Å². The zero-order chi connectivity index (χ0) is 15.4. The van der Waals surface area contributed by atoms with Gasteiger partial charge in [-0.05, 0) is 37.1 Å². The summed E-state index contributed by atoms with van der Waals surface area (Å²) >= 11 is 0. The molecule has 6 heteroatoms. The number of aromatic nitrogens is 1. The van der Waals surface area contributed by atoms with Crippen LogP contribution in [0.15, 0.2) is 36.5 Å². The lowest BCUT2D eigenvalue weighted by molar-refractivity contribution is -0.385. The van der Waals surface area contributed by atoms with E-state index in [2.05, 4.69) is 4.98 Å². The summed E-state index contributed by atoms with van der Waals surface area (Å²) in [5.41, 5.74) is 1.24. The maximum Gasteiger partial charge on any atom is 0.311 e.